The minimum Gasteiger partial charge on any atom is -0.306 e. The number of carbonyl (C=O) groups is 4. The first-order valence-corrected chi connectivity index (χ1v) is 28.5. The van der Waals surface area contributed by atoms with Crippen LogP contribution in [0.2, 0.25) is 0 Å². The zero-order valence-corrected chi connectivity index (χ0v) is 43.4. The van der Waals surface area contributed by atoms with E-state index in [9.17, 15) is 19.2 Å². The van der Waals surface area contributed by atoms with Gasteiger partial charge in [-0.1, -0.05) is 18.2 Å². The Morgan fingerprint density at radius 2 is 0.580 bits per heavy atom. The van der Waals surface area contributed by atoms with E-state index in [1.807, 2.05) is 62.7 Å². The van der Waals surface area contributed by atoms with E-state index >= 15 is 0 Å². The van der Waals surface area contributed by atoms with Crippen LogP contribution in [-0.4, -0.2) is 69.4 Å². The molecule has 0 saturated heterocycles. The summed E-state index contributed by atoms with van der Waals surface area (Å²) in [6.45, 7) is 9.75. The van der Waals surface area contributed by atoms with Gasteiger partial charge in [-0.2, -0.15) is 0 Å². The molecule has 0 N–H and O–H groups in total. The Morgan fingerprint density at radius 3 is 0.884 bits per heavy atom. The molecule has 8 aromatic rings. The van der Waals surface area contributed by atoms with E-state index in [1.54, 1.807) is 99.0 Å². The molecule has 342 valence electrons. The van der Waals surface area contributed by atoms with E-state index < -0.39 is 0 Å². The van der Waals surface area contributed by atoms with Crippen LogP contribution in [0.3, 0.4) is 0 Å². The molecule has 12 rings (SSSR count). The maximum atomic E-state index is 14.1. The Kier molecular flexibility index (Phi) is 11.2. The number of thiophene rings is 7. The topological polar surface area (TPSA) is 81.2 Å². The predicted octanol–water partition coefficient (Wildman–Crippen LogP) is 14.1. The lowest BCUT2D eigenvalue weighted by Crippen LogP contribution is -2.29. The van der Waals surface area contributed by atoms with Crippen LogP contribution in [0.15, 0.2) is 142 Å². The van der Waals surface area contributed by atoms with Crippen LogP contribution in [0.25, 0.3) is 73.6 Å². The maximum absolute atomic E-state index is 14.1. The van der Waals surface area contributed by atoms with E-state index in [0.717, 1.165) is 76.9 Å². The molecule has 4 aliphatic rings. The number of amides is 4. The molecule has 0 fully saturated rings. The number of carbonyl (C=O) groups excluding carboxylic acids is 4. The third-order valence-corrected chi connectivity index (χ3v) is 20.3. The Morgan fingerprint density at radius 1 is 0.319 bits per heavy atom. The summed E-state index contributed by atoms with van der Waals surface area (Å²) in [5.41, 5.74) is 8.31. The molecule has 0 saturated carbocycles. The van der Waals surface area contributed by atoms with Crippen molar-refractivity contribution >= 4 is 126 Å². The van der Waals surface area contributed by atoms with Gasteiger partial charge in [-0.05, 0) is 145 Å². The van der Waals surface area contributed by atoms with Crippen LogP contribution in [0.4, 0.5) is 0 Å². The Hall–Kier alpha value is -6.04. The summed E-state index contributed by atoms with van der Waals surface area (Å²) in [6.07, 6.45) is 0. The lowest BCUT2D eigenvalue weighted by atomic mass is 10.0. The molecule has 7 aromatic heterocycles. The van der Waals surface area contributed by atoms with Gasteiger partial charge in [0.15, 0.2) is 0 Å². The first-order chi connectivity index (χ1) is 33.7. The third-order valence-electron chi connectivity index (χ3n) is 12.8. The summed E-state index contributed by atoms with van der Waals surface area (Å²) in [5.74, 6) is -0.459. The maximum Gasteiger partial charge on any atom is 0.261 e. The highest BCUT2D eigenvalue weighted by Gasteiger charge is 2.50. The van der Waals surface area contributed by atoms with Crippen LogP contribution in [0, 0.1) is 0 Å². The van der Waals surface area contributed by atoms with Gasteiger partial charge in [0.2, 0.25) is 0 Å². The fourth-order valence-electron chi connectivity index (χ4n) is 9.79. The number of likely N-dealkylation sites (N-methyl/N-ethyl adjacent to an activating group) is 4. The molecule has 0 unspecified atom stereocenters. The van der Waals surface area contributed by atoms with Crippen LogP contribution in [-0.2, 0) is 19.2 Å². The molecule has 0 bridgehead atoms. The molecule has 4 aliphatic heterocycles. The summed E-state index contributed by atoms with van der Waals surface area (Å²) in [5, 5.41) is 6.08. The van der Waals surface area contributed by atoms with Crippen molar-refractivity contribution in [3.8, 4) is 50.8 Å². The highest BCUT2D eigenvalue weighted by atomic mass is 32.1. The van der Waals surface area contributed by atoms with Gasteiger partial charge in [0.25, 0.3) is 23.6 Å². The molecule has 69 heavy (non-hydrogen) atoms. The van der Waals surface area contributed by atoms with Crippen molar-refractivity contribution in [3.63, 3.8) is 0 Å². The van der Waals surface area contributed by atoms with Gasteiger partial charge in [-0.3, -0.25) is 19.2 Å². The first-order valence-electron chi connectivity index (χ1n) is 22.6. The normalized spacial score (nSPS) is 16.1. The van der Waals surface area contributed by atoms with Crippen molar-refractivity contribution in [1.29, 1.82) is 0 Å². The van der Waals surface area contributed by atoms with Gasteiger partial charge in [0, 0.05) is 60.3 Å². The van der Waals surface area contributed by atoms with Gasteiger partial charge >= 0.3 is 0 Å². The number of nitrogens with zero attached hydrogens (tertiary/aromatic N) is 4. The second-order valence-electron chi connectivity index (χ2n) is 16.5. The van der Waals surface area contributed by atoms with Crippen molar-refractivity contribution in [3.05, 3.63) is 161 Å². The van der Waals surface area contributed by atoms with E-state index in [1.165, 1.54) is 4.88 Å². The zero-order valence-electron chi connectivity index (χ0n) is 37.7. The van der Waals surface area contributed by atoms with Crippen LogP contribution in [0.1, 0.15) is 47.2 Å². The summed E-state index contributed by atoms with van der Waals surface area (Å²) in [7, 11) is 0. The van der Waals surface area contributed by atoms with Crippen LogP contribution < -0.4 is 0 Å². The minimum absolute atomic E-state index is 0.115. The molecule has 0 atom stereocenters. The monoisotopic (exact) mass is 1030 g/mol. The second-order valence-corrected chi connectivity index (χ2v) is 23.7. The zero-order chi connectivity index (χ0) is 47.2. The molecule has 0 aliphatic carbocycles. The molecule has 11 heterocycles. The fourth-order valence-corrected chi connectivity index (χ4v) is 16.4. The predicted molar refractivity (Wildman–Crippen MR) is 289 cm³/mol. The van der Waals surface area contributed by atoms with Crippen molar-refractivity contribution in [2.24, 2.45) is 0 Å². The van der Waals surface area contributed by atoms with Crippen LogP contribution >= 0.6 is 79.4 Å². The minimum atomic E-state index is -0.115. The number of benzene rings is 1. The van der Waals surface area contributed by atoms with Gasteiger partial charge in [-0.25, -0.2) is 0 Å². The highest BCUT2D eigenvalue weighted by Crippen LogP contribution is 2.52. The summed E-state index contributed by atoms with van der Waals surface area (Å²) >= 11 is 11.5. The van der Waals surface area contributed by atoms with Crippen molar-refractivity contribution < 1.29 is 19.2 Å². The SMILES string of the molecule is CCN1C(=O)C2=C(c3ccc(-c4ccc(-c5cc(-c6cccs6)cc(-c6ccc(-c7ccc(C8=C9C(=O)N(CC)C(c%10cccs%10)=C9C(=O)N8CC)s7)s6)c5)s4)s3)N(CC)C(=O)C2=C1c1cccs1. The number of rotatable bonds is 13. The fraction of sp³-hybridized carbons (Fsp3) is 0.148. The van der Waals surface area contributed by atoms with E-state index in [0.29, 0.717) is 59.9 Å². The van der Waals surface area contributed by atoms with Crippen LogP contribution in [0.5, 0.6) is 0 Å². The van der Waals surface area contributed by atoms with Crippen molar-refractivity contribution in [1.82, 2.24) is 19.6 Å². The average molecular weight is 1030 g/mol. The van der Waals surface area contributed by atoms with Gasteiger partial charge in [0.1, 0.15) is 0 Å². The average Bonchev–Trinajstić information content (AvgIpc) is 4.21. The Bertz CT molecular complexity index is 3340. The third kappa shape index (κ3) is 6.96. The van der Waals surface area contributed by atoms with E-state index in [4.69, 9.17) is 0 Å². The molecule has 15 heteroatoms. The standard InChI is InChI=1S/C54H40N4O4S7/c1-5-55-47(39-13-10-24-64-39)43-45(53(55)61)49(57(7-3)51(43)59)41-21-19-37(68-41)35-17-15-33(66-35)30-26-29(32-12-9-23-63-32)27-31(28-30)34-16-18-36(67-34)38-20-22-42(69-38)50-46-44(52(60)58(50)8-4)48(40-14-11-25-65-40)56(6-2)54(46)62/h9-28H,5-8H2,1-4H3. The molecular weight excluding hydrogens is 993 g/mol. The molecule has 8 nitrogen and oxygen atoms in total. The highest BCUT2D eigenvalue weighted by molar-refractivity contribution is 7.25. The molecule has 4 amide bonds. The first kappa shape index (κ1) is 44.2. The Labute approximate surface area is 427 Å². The lowest BCUT2D eigenvalue weighted by Gasteiger charge is -2.22. The number of hydrogen-bond donors (Lipinski definition) is 0. The van der Waals surface area contributed by atoms with E-state index in [2.05, 4.69) is 84.2 Å². The second kappa shape index (κ2) is 17.4. The molecule has 0 radical (unpaired) electrons. The van der Waals surface area contributed by atoms with Crippen molar-refractivity contribution in [2.45, 2.75) is 27.7 Å². The summed E-state index contributed by atoms with van der Waals surface area (Å²) in [6, 6.07) is 36.1. The largest absolute Gasteiger partial charge is 0.306 e. The number of hydrogen-bond acceptors (Lipinski definition) is 11. The van der Waals surface area contributed by atoms with Gasteiger partial charge in [0.05, 0.1) is 64.6 Å². The smallest absolute Gasteiger partial charge is 0.261 e. The lowest BCUT2D eigenvalue weighted by molar-refractivity contribution is -0.124. The van der Waals surface area contributed by atoms with E-state index in [-0.39, 0.29) is 23.6 Å². The Balaban J connectivity index is 0.871. The summed E-state index contributed by atoms with van der Waals surface area (Å²) < 4.78 is 0. The summed E-state index contributed by atoms with van der Waals surface area (Å²) in [4.78, 5) is 74.9. The molecule has 1 aromatic carbocycles. The van der Waals surface area contributed by atoms with Crippen molar-refractivity contribution in [2.75, 3.05) is 26.2 Å². The van der Waals surface area contributed by atoms with Gasteiger partial charge in [-0.15, -0.1) is 79.4 Å². The molecular formula is C54H40N4O4S7. The van der Waals surface area contributed by atoms with Gasteiger partial charge < -0.3 is 19.6 Å². The quantitative estimate of drug-likeness (QED) is 0.115. The number of fused-ring (bicyclic) bond motifs is 2. The molecule has 0 spiro atoms.